The minimum Gasteiger partial charge on any atom is -0.208 e. The molecule has 1 N–H and O–H groups in total. The van der Waals surface area contributed by atoms with Crippen LogP contribution in [0.15, 0.2) is 29.2 Å². The highest BCUT2D eigenvalue weighted by molar-refractivity contribution is 7.89. The highest BCUT2D eigenvalue weighted by Gasteiger charge is 2.32. The molecule has 3 unspecified atom stereocenters. The van der Waals surface area contributed by atoms with Crippen LogP contribution in [0.4, 0.5) is 4.39 Å². The quantitative estimate of drug-likeness (QED) is 0.918. The molecule has 18 heavy (non-hydrogen) atoms. The number of nitrogens with one attached hydrogen (secondary N) is 1. The summed E-state index contributed by atoms with van der Waals surface area (Å²) in [7, 11) is -3.53. The third-order valence-corrected chi connectivity index (χ3v) is 5.40. The van der Waals surface area contributed by atoms with Crippen molar-refractivity contribution in [2.75, 3.05) is 0 Å². The van der Waals surface area contributed by atoms with Crippen LogP contribution in [0.3, 0.4) is 0 Å². The molecule has 1 aliphatic carbocycles. The fourth-order valence-electron chi connectivity index (χ4n) is 2.41. The van der Waals surface area contributed by atoms with Gasteiger partial charge in [-0.2, -0.15) is 0 Å². The van der Waals surface area contributed by atoms with E-state index in [1.165, 1.54) is 12.1 Å². The molecule has 1 aromatic rings. The number of hydrogen-bond donors (Lipinski definition) is 1. The molecule has 0 spiro atoms. The SMILES string of the molecule is CC1CCC(NS(=O)(=O)c2ccc(F)cc2)C1C. The summed E-state index contributed by atoms with van der Waals surface area (Å²) in [4.78, 5) is 0.121. The van der Waals surface area contributed by atoms with Gasteiger partial charge in [-0.1, -0.05) is 13.8 Å². The van der Waals surface area contributed by atoms with Gasteiger partial charge in [0, 0.05) is 6.04 Å². The monoisotopic (exact) mass is 271 g/mol. The van der Waals surface area contributed by atoms with Gasteiger partial charge >= 0.3 is 0 Å². The molecular formula is C13H18FNO2S. The normalized spacial score (nSPS) is 28.5. The summed E-state index contributed by atoms with van der Waals surface area (Å²) in [5.74, 6) is 0.433. The molecule has 0 aromatic heterocycles. The zero-order valence-electron chi connectivity index (χ0n) is 10.6. The molecule has 0 saturated heterocycles. The van der Waals surface area contributed by atoms with E-state index in [2.05, 4.69) is 18.6 Å². The zero-order valence-corrected chi connectivity index (χ0v) is 11.4. The fraction of sp³-hybridized carbons (Fsp3) is 0.538. The summed E-state index contributed by atoms with van der Waals surface area (Å²) in [5, 5.41) is 0. The Morgan fingerprint density at radius 2 is 1.78 bits per heavy atom. The summed E-state index contributed by atoms with van der Waals surface area (Å²) in [6, 6.07) is 4.89. The Hall–Kier alpha value is -0.940. The van der Waals surface area contributed by atoms with Crippen LogP contribution in [0, 0.1) is 17.7 Å². The van der Waals surface area contributed by atoms with E-state index in [1.54, 1.807) is 0 Å². The maximum Gasteiger partial charge on any atom is 0.240 e. The predicted octanol–water partition coefficient (Wildman–Crippen LogP) is 2.54. The first kappa shape index (κ1) is 13.5. The smallest absolute Gasteiger partial charge is 0.208 e. The van der Waals surface area contributed by atoms with Gasteiger partial charge in [0.15, 0.2) is 0 Å². The van der Waals surface area contributed by atoms with Crippen LogP contribution < -0.4 is 4.72 Å². The van der Waals surface area contributed by atoms with Crippen molar-refractivity contribution in [2.45, 2.75) is 37.6 Å². The molecule has 5 heteroatoms. The third-order valence-electron chi connectivity index (χ3n) is 3.90. The van der Waals surface area contributed by atoms with Crippen molar-refractivity contribution in [1.29, 1.82) is 0 Å². The molecule has 1 saturated carbocycles. The Bertz CT molecular complexity index is 512. The number of sulfonamides is 1. The van der Waals surface area contributed by atoms with Gasteiger partial charge in [0.2, 0.25) is 10.0 Å². The van der Waals surface area contributed by atoms with Gasteiger partial charge in [0.05, 0.1) is 4.90 Å². The van der Waals surface area contributed by atoms with Gasteiger partial charge in [0.25, 0.3) is 0 Å². The van der Waals surface area contributed by atoms with E-state index in [4.69, 9.17) is 0 Å². The van der Waals surface area contributed by atoms with Crippen LogP contribution in [-0.2, 0) is 10.0 Å². The van der Waals surface area contributed by atoms with E-state index < -0.39 is 15.8 Å². The maximum atomic E-state index is 12.8. The number of halogens is 1. The van der Waals surface area contributed by atoms with Crippen LogP contribution in [0.1, 0.15) is 26.7 Å². The lowest BCUT2D eigenvalue weighted by Gasteiger charge is -2.19. The third kappa shape index (κ3) is 2.72. The van der Waals surface area contributed by atoms with Crippen LogP contribution >= 0.6 is 0 Å². The molecular weight excluding hydrogens is 253 g/mol. The lowest BCUT2D eigenvalue weighted by Crippen LogP contribution is -2.37. The Balaban J connectivity index is 2.15. The average molecular weight is 271 g/mol. The van der Waals surface area contributed by atoms with Crippen molar-refractivity contribution < 1.29 is 12.8 Å². The summed E-state index contributed by atoms with van der Waals surface area (Å²) >= 11 is 0. The standard InChI is InChI=1S/C13H18FNO2S/c1-9-3-8-13(10(9)2)15-18(16,17)12-6-4-11(14)5-7-12/h4-7,9-10,13,15H,3,8H2,1-2H3. The Morgan fingerprint density at radius 3 is 2.28 bits per heavy atom. The number of rotatable bonds is 3. The van der Waals surface area contributed by atoms with E-state index in [9.17, 15) is 12.8 Å². The number of hydrogen-bond acceptors (Lipinski definition) is 2. The molecule has 0 bridgehead atoms. The van der Waals surface area contributed by atoms with E-state index >= 15 is 0 Å². The van der Waals surface area contributed by atoms with Crippen LogP contribution in [0.25, 0.3) is 0 Å². The molecule has 3 atom stereocenters. The first-order chi connectivity index (χ1) is 8.40. The largest absolute Gasteiger partial charge is 0.240 e. The molecule has 0 aliphatic heterocycles. The predicted molar refractivity (Wildman–Crippen MR) is 68.1 cm³/mol. The molecule has 3 nitrogen and oxygen atoms in total. The molecule has 0 radical (unpaired) electrons. The average Bonchev–Trinajstić information content (AvgIpc) is 2.61. The first-order valence-corrected chi connectivity index (χ1v) is 7.66. The molecule has 100 valence electrons. The number of benzene rings is 1. The van der Waals surface area contributed by atoms with Gasteiger partial charge < -0.3 is 0 Å². The molecule has 0 amide bonds. The fourth-order valence-corrected chi connectivity index (χ4v) is 3.77. The second kappa shape index (κ2) is 4.97. The summed E-state index contributed by atoms with van der Waals surface area (Å²) < 4.78 is 39.7. The van der Waals surface area contributed by atoms with E-state index in [-0.39, 0.29) is 10.9 Å². The highest BCUT2D eigenvalue weighted by atomic mass is 32.2. The summed E-state index contributed by atoms with van der Waals surface area (Å²) in [5.41, 5.74) is 0. The Labute approximate surface area is 107 Å². The maximum absolute atomic E-state index is 12.8. The van der Waals surface area contributed by atoms with Crippen molar-refractivity contribution >= 4 is 10.0 Å². The molecule has 2 rings (SSSR count). The van der Waals surface area contributed by atoms with Gasteiger partial charge in [-0.15, -0.1) is 0 Å². The van der Waals surface area contributed by atoms with E-state index in [1.807, 2.05) is 0 Å². The second-order valence-electron chi connectivity index (χ2n) is 5.10. The molecule has 1 aliphatic rings. The van der Waals surface area contributed by atoms with Gasteiger partial charge in [-0.25, -0.2) is 17.5 Å². The molecule has 0 heterocycles. The van der Waals surface area contributed by atoms with E-state index in [0.29, 0.717) is 11.8 Å². The summed E-state index contributed by atoms with van der Waals surface area (Å²) in [6.45, 7) is 4.20. The van der Waals surface area contributed by atoms with Crippen LogP contribution in [-0.4, -0.2) is 14.5 Å². The van der Waals surface area contributed by atoms with E-state index in [0.717, 1.165) is 25.0 Å². The molecule has 1 fully saturated rings. The van der Waals surface area contributed by atoms with Crippen LogP contribution in [0.2, 0.25) is 0 Å². The zero-order chi connectivity index (χ0) is 13.3. The summed E-state index contributed by atoms with van der Waals surface area (Å²) in [6.07, 6.45) is 1.90. The molecule has 1 aromatic carbocycles. The lowest BCUT2D eigenvalue weighted by atomic mass is 9.98. The Morgan fingerprint density at radius 1 is 1.17 bits per heavy atom. The lowest BCUT2D eigenvalue weighted by molar-refractivity contribution is 0.402. The van der Waals surface area contributed by atoms with Crippen LogP contribution in [0.5, 0.6) is 0 Å². The van der Waals surface area contributed by atoms with Crippen molar-refractivity contribution in [2.24, 2.45) is 11.8 Å². The second-order valence-corrected chi connectivity index (χ2v) is 6.81. The van der Waals surface area contributed by atoms with Crippen molar-refractivity contribution in [3.63, 3.8) is 0 Å². The first-order valence-electron chi connectivity index (χ1n) is 6.18. The van der Waals surface area contributed by atoms with Crippen molar-refractivity contribution in [3.8, 4) is 0 Å². The van der Waals surface area contributed by atoms with Gasteiger partial charge in [0.1, 0.15) is 5.82 Å². The topological polar surface area (TPSA) is 46.2 Å². The van der Waals surface area contributed by atoms with Gasteiger partial charge in [-0.3, -0.25) is 0 Å². The van der Waals surface area contributed by atoms with Crippen molar-refractivity contribution in [3.05, 3.63) is 30.1 Å². The Kier molecular flexibility index (Phi) is 3.73. The van der Waals surface area contributed by atoms with Gasteiger partial charge in [-0.05, 0) is 48.9 Å². The minimum absolute atomic E-state index is 0.0185. The highest BCUT2D eigenvalue weighted by Crippen LogP contribution is 2.32. The minimum atomic E-state index is -3.53. The van der Waals surface area contributed by atoms with Crippen molar-refractivity contribution in [1.82, 2.24) is 4.72 Å².